The van der Waals surface area contributed by atoms with Crippen molar-refractivity contribution in [1.82, 2.24) is 25.0 Å². The average Bonchev–Trinajstić information content (AvgIpc) is 3.34. The quantitative estimate of drug-likeness (QED) is 0.578. The van der Waals surface area contributed by atoms with Gasteiger partial charge in [0.05, 0.1) is 17.6 Å². The van der Waals surface area contributed by atoms with Crippen molar-refractivity contribution < 1.29 is 9.21 Å². The van der Waals surface area contributed by atoms with Gasteiger partial charge in [0, 0.05) is 24.5 Å². The molecule has 26 heavy (non-hydrogen) atoms. The molecular formula is C17H14N6O2S. The number of aromatic nitrogens is 5. The molecule has 0 saturated heterocycles. The predicted molar refractivity (Wildman–Crippen MR) is 95.0 cm³/mol. The first kappa shape index (κ1) is 15.2. The molecule has 9 heteroatoms. The Kier molecular flexibility index (Phi) is 3.35. The van der Waals surface area contributed by atoms with Crippen LogP contribution in [-0.4, -0.2) is 30.9 Å². The van der Waals surface area contributed by atoms with E-state index in [-0.39, 0.29) is 11.8 Å². The average molecular weight is 366 g/mol. The van der Waals surface area contributed by atoms with Crippen LogP contribution in [0.15, 0.2) is 51.5 Å². The lowest BCUT2D eigenvalue weighted by Crippen LogP contribution is -2.23. The van der Waals surface area contributed by atoms with Gasteiger partial charge in [0.15, 0.2) is 10.2 Å². The van der Waals surface area contributed by atoms with Crippen LogP contribution < -0.4 is 5.32 Å². The summed E-state index contributed by atoms with van der Waals surface area (Å²) in [7, 11) is 1.88. The van der Waals surface area contributed by atoms with E-state index >= 15 is 0 Å². The molecule has 0 saturated carbocycles. The number of carbonyl (C=O) groups excluding carboxylic acids is 1. The summed E-state index contributed by atoms with van der Waals surface area (Å²) < 4.78 is 7.85. The largest absolute Gasteiger partial charge is 0.454 e. The maximum Gasteiger partial charge on any atom is 0.225 e. The Bertz CT molecular complexity index is 1130. The number of amides is 1. The second-order valence-electron chi connectivity index (χ2n) is 6.18. The maximum absolute atomic E-state index is 12.2. The van der Waals surface area contributed by atoms with Gasteiger partial charge in [-0.3, -0.25) is 9.89 Å². The van der Waals surface area contributed by atoms with Crippen molar-refractivity contribution in [3.8, 4) is 0 Å². The van der Waals surface area contributed by atoms with E-state index in [4.69, 9.17) is 4.42 Å². The summed E-state index contributed by atoms with van der Waals surface area (Å²) in [4.78, 5) is 12.2. The van der Waals surface area contributed by atoms with Crippen LogP contribution in [0.4, 0.5) is 5.69 Å². The van der Waals surface area contributed by atoms with Crippen molar-refractivity contribution in [3.05, 3.63) is 48.1 Å². The normalized spacial score (nSPS) is 16.7. The molecule has 0 aliphatic carbocycles. The Hall–Kier alpha value is -3.07. The van der Waals surface area contributed by atoms with E-state index in [0.29, 0.717) is 11.5 Å². The smallest absolute Gasteiger partial charge is 0.225 e. The Morgan fingerprint density at radius 2 is 2.27 bits per heavy atom. The first-order valence-electron chi connectivity index (χ1n) is 8.06. The van der Waals surface area contributed by atoms with Crippen LogP contribution in [-0.2, 0) is 11.8 Å². The zero-order valence-electron chi connectivity index (χ0n) is 13.8. The molecule has 1 atom stereocenters. The van der Waals surface area contributed by atoms with Gasteiger partial charge in [-0.1, -0.05) is 0 Å². The van der Waals surface area contributed by atoms with Crippen molar-refractivity contribution in [2.75, 3.05) is 5.32 Å². The second kappa shape index (κ2) is 5.73. The summed E-state index contributed by atoms with van der Waals surface area (Å²) in [5, 5.41) is 20.3. The molecule has 130 valence electrons. The molecule has 1 amide bonds. The number of furan rings is 1. The molecule has 2 N–H and O–H groups in total. The lowest BCUT2D eigenvalue weighted by molar-refractivity contribution is -0.116. The van der Waals surface area contributed by atoms with Crippen molar-refractivity contribution in [1.29, 1.82) is 0 Å². The third kappa shape index (κ3) is 2.48. The van der Waals surface area contributed by atoms with Crippen LogP contribution in [0, 0.1) is 0 Å². The molecule has 5 rings (SSSR count). The number of anilines is 1. The molecule has 1 aromatic carbocycles. The van der Waals surface area contributed by atoms with Crippen molar-refractivity contribution in [2.45, 2.75) is 22.6 Å². The zero-order valence-corrected chi connectivity index (χ0v) is 14.6. The minimum absolute atomic E-state index is 0.0275. The number of benzene rings is 1. The Morgan fingerprint density at radius 1 is 1.35 bits per heavy atom. The van der Waals surface area contributed by atoms with Gasteiger partial charge in [0.1, 0.15) is 12.1 Å². The van der Waals surface area contributed by atoms with E-state index in [1.165, 1.54) is 11.8 Å². The van der Waals surface area contributed by atoms with Crippen molar-refractivity contribution in [3.63, 3.8) is 0 Å². The third-order valence-corrected chi connectivity index (χ3v) is 5.43. The van der Waals surface area contributed by atoms with Gasteiger partial charge in [-0.25, -0.2) is 0 Å². The Morgan fingerprint density at radius 3 is 3.12 bits per heavy atom. The lowest BCUT2D eigenvalue weighted by atomic mass is 9.88. The van der Waals surface area contributed by atoms with Crippen LogP contribution in [0.5, 0.6) is 0 Å². The standard InChI is InChI=1S/C17H14N6O2S/c1-23-8-19-22-17(23)26-16-3-2-14(25-16)11-5-15(24)20-13-6-12-9(4-10(11)13)7-18-21-12/h2-4,6-8,11H,5H2,1H3,(H,18,21)(H,20,24)/t11-/m0/s1. The van der Waals surface area contributed by atoms with Gasteiger partial charge in [0.25, 0.3) is 0 Å². The number of nitrogens with one attached hydrogen (secondary N) is 2. The van der Waals surface area contributed by atoms with Crippen LogP contribution in [0.3, 0.4) is 0 Å². The third-order valence-electron chi connectivity index (χ3n) is 4.46. The lowest BCUT2D eigenvalue weighted by Gasteiger charge is -2.24. The Balaban J connectivity index is 1.52. The molecule has 0 radical (unpaired) electrons. The molecule has 4 aromatic rings. The van der Waals surface area contributed by atoms with Crippen molar-refractivity contribution >= 4 is 34.3 Å². The number of aromatic amines is 1. The van der Waals surface area contributed by atoms with E-state index in [2.05, 4.69) is 31.8 Å². The number of hydrogen-bond acceptors (Lipinski definition) is 6. The SMILES string of the molecule is Cn1cnnc1Sc1ccc([C@H]2CC(=O)Nc3cc4[nH]ncc4cc32)o1. The highest BCUT2D eigenvalue weighted by Gasteiger charge is 2.29. The van der Waals surface area contributed by atoms with Gasteiger partial charge in [-0.15, -0.1) is 10.2 Å². The summed E-state index contributed by atoms with van der Waals surface area (Å²) in [6.45, 7) is 0. The predicted octanol–water partition coefficient (Wildman–Crippen LogP) is 2.91. The fourth-order valence-corrected chi connectivity index (χ4v) is 3.92. The molecule has 3 aromatic heterocycles. The molecule has 0 bridgehead atoms. The summed E-state index contributed by atoms with van der Waals surface area (Å²) in [5.41, 5.74) is 2.72. The minimum Gasteiger partial charge on any atom is -0.454 e. The van der Waals surface area contributed by atoms with Crippen molar-refractivity contribution in [2.24, 2.45) is 7.05 Å². The molecule has 8 nitrogen and oxygen atoms in total. The Labute approximate surface area is 152 Å². The summed E-state index contributed by atoms with van der Waals surface area (Å²) in [6.07, 6.45) is 3.77. The number of aryl methyl sites for hydroxylation is 1. The van der Waals surface area contributed by atoms with Gasteiger partial charge in [0.2, 0.25) is 5.91 Å². The highest BCUT2D eigenvalue weighted by molar-refractivity contribution is 7.99. The van der Waals surface area contributed by atoms with Gasteiger partial charge in [-0.05, 0) is 41.6 Å². The van der Waals surface area contributed by atoms with E-state index in [1.54, 1.807) is 12.5 Å². The van der Waals surface area contributed by atoms with E-state index < -0.39 is 0 Å². The second-order valence-corrected chi connectivity index (χ2v) is 7.16. The monoisotopic (exact) mass is 366 g/mol. The van der Waals surface area contributed by atoms with Gasteiger partial charge in [-0.2, -0.15) is 5.10 Å². The fourth-order valence-electron chi connectivity index (χ4n) is 3.19. The number of nitrogens with zero attached hydrogens (tertiary/aromatic N) is 4. The van der Waals surface area contributed by atoms with Gasteiger partial charge < -0.3 is 14.3 Å². The molecule has 0 fully saturated rings. The summed E-state index contributed by atoms with van der Waals surface area (Å²) in [6, 6.07) is 7.79. The first-order valence-corrected chi connectivity index (χ1v) is 8.87. The highest BCUT2D eigenvalue weighted by Crippen LogP contribution is 2.41. The molecule has 4 heterocycles. The zero-order chi connectivity index (χ0) is 17.7. The topological polar surface area (TPSA) is 102 Å². The number of hydrogen-bond donors (Lipinski definition) is 2. The van der Waals surface area contributed by atoms with Crippen LogP contribution in [0.1, 0.15) is 23.7 Å². The number of fused-ring (bicyclic) bond motifs is 2. The minimum atomic E-state index is -0.133. The number of H-pyrrole nitrogens is 1. The van der Waals surface area contributed by atoms with Crippen LogP contribution in [0.2, 0.25) is 0 Å². The molecule has 0 unspecified atom stereocenters. The van der Waals surface area contributed by atoms with Crippen LogP contribution >= 0.6 is 11.8 Å². The molecule has 0 spiro atoms. The summed E-state index contributed by atoms with van der Waals surface area (Å²) >= 11 is 1.40. The molecule has 1 aliphatic rings. The van der Waals surface area contributed by atoms with E-state index in [0.717, 1.165) is 33.1 Å². The van der Waals surface area contributed by atoms with E-state index in [1.807, 2.05) is 29.8 Å². The highest BCUT2D eigenvalue weighted by atomic mass is 32.2. The molecular weight excluding hydrogens is 352 g/mol. The number of carbonyl (C=O) groups is 1. The summed E-state index contributed by atoms with van der Waals surface area (Å²) in [5.74, 6) is 0.598. The number of rotatable bonds is 3. The fraction of sp³-hybridized carbons (Fsp3) is 0.176. The van der Waals surface area contributed by atoms with Gasteiger partial charge >= 0.3 is 0 Å². The molecule has 1 aliphatic heterocycles. The van der Waals surface area contributed by atoms with Crippen LogP contribution in [0.25, 0.3) is 10.9 Å². The first-order chi connectivity index (χ1) is 12.7. The van der Waals surface area contributed by atoms with E-state index in [9.17, 15) is 4.79 Å². The maximum atomic E-state index is 12.2.